The fourth-order valence-electron chi connectivity index (χ4n) is 17.2. The van der Waals surface area contributed by atoms with Gasteiger partial charge in [0.05, 0.1) is 0 Å². The Morgan fingerprint density at radius 2 is 0.614 bits per heavy atom. The maximum absolute atomic E-state index is 7.18. The van der Waals surface area contributed by atoms with Gasteiger partial charge in [0.2, 0.25) is 0 Å². The molecule has 3 heterocycles. The first-order valence-corrected chi connectivity index (χ1v) is 31.1. The molecule has 15 aromatic rings. The molecule has 0 amide bonds. The van der Waals surface area contributed by atoms with Gasteiger partial charge in [-0.3, -0.25) is 0 Å². The SMILES string of the molecule is CC1(C)c2cc(N(c3ccc4c(c3)C(C)(C)c3cc(-c5ccccc5)c5oc6ccccc6c5c3-4)c3ccc4c(c3)C(C)(C)c3c5c(c6c(oc7ccccc76)c3-4)-c3ccccc3C5(C)C)ccc2-c2c1cc(-c1ccccc1)c1oc3ccccc3c21. The number of anilines is 3. The second kappa shape index (κ2) is 16.9. The molecule has 0 saturated heterocycles. The Hall–Kier alpha value is -10.2. The topological polar surface area (TPSA) is 42.7 Å². The molecule has 0 aliphatic heterocycles. The van der Waals surface area contributed by atoms with E-state index in [1.807, 2.05) is 0 Å². The molecule has 0 unspecified atom stereocenters. The van der Waals surface area contributed by atoms with Crippen LogP contribution in [0.1, 0.15) is 99.9 Å². The number of para-hydroxylation sites is 3. The van der Waals surface area contributed by atoms with Crippen LogP contribution in [0.3, 0.4) is 0 Å². The van der Waals surface area contributed by atoms with E-state index in [2.05, 4.69) is 285 Å². The lowest BCUT2D eigenvalue weighted by molar-refractivity contribution is 0.600. The predicted octanol–water partition coefficient (Wildman–Crippen LogP) is 23.4. The van der Waals surface area contributed by atoms with Gasteiger partial charge in [-0.15, -0.1) is 0 Å². The number of hydrogen-bond acceptors (Lipinski definition) is 4. The van der Waals surface area contributed by atoms with Crippen molar-refractivity contribution >= 4 is 82.9 Å². The second-order valence-electron chi connectivity index (χ2n) is 27.4. The fraction of sp³-hybridized carbons (Fsp3) is 0.143. The van der Waals surface area contributed by atoms with Gasteiger partial charge in [0.25, 0.3) is 0 Å². The van der Waals surface area contributed by atoms with Crippen LogP contribution in [0, 0.1) is 0 Å². The summed E-state index contributed by atoms with van der Waals surface area (Å²) in [5.41, 5.74) is 32.7. The number of fused-ring (bicyclic) bond motifs is 26. The standard InChI is InChI=1S/C84H61NO3/c1-81(2)61-41-48(35-38-52(61)69-64(81)44-58(46-23-11-9-12-24-46)78-72(69)55-28-16-20-32-66(55)86-78)85(49-36-39-53-62(42-49)82(3,4)65-45-59(47-25-13-10-14-26-47)79-73(70(53)65)56-29-17-21-33-67(56)87-79)50-37-40-54-63(43-50)84(7,8)77-75(54)80-74(57-30-18-22-34-68(57)88-80)71-51-27-15-19-31-60(51)83(5,6)76(71)77/h9-45H,1-8H3. The van der Waals surface area contributed by atoms with Crippen molar-refractivity contribution in [2.75, 3.05) is 4.90 Å². The fourth-order valence-corrected chi connectivity index (χ4v) is 17.2. The van der Waals surface area contributed by atoms with Crippen LogP contribution in [-0.4, -0.2) is 0 Å². The van der Waals surface area contributed by atoms with E-state index in [1.54, 1.807) is 0 Å². The lowest BCUT2D eigenvalue weighted by Gasteiger charge is -2.32. The average Bonchev–Trinajstić information content (AvgIpc) is 1.53. The molecule has 0 radical (unpaired) electrons. The monoisotopic (exact) mass is 1130 g/mol. The third-order valence-electron chi connectivity index (χ3n) is 21.4. The van der Waals surface area contributed by atoms with Crippen LogP contribution in [0.2, 0.25) is 0 Å². The summed E-state index contributed by atoms with van der Waals surface area (Å²) in [5, 5.41) is 7.01. The van der Waals surface area contributed by atoms with E-state index in [9.17, 15) is 0 Å². The summed E-state index contributed by atoms with van der Waals surface area (Å²) in [7, 11) is 0. The Kier molecular flexibility index (Phi) is 9.59. The Labute approximate surface area is 510 Å². The zero-order valence-electron chi connectivity index (χ0n) is 50.5. The molecule has 4 nitrogen and oxygen atoms in total. The molecule has 0 N–H and O–H groups in total. The third kappa shape index (κ3) is 6.24. The highest BCUT2D eigenvalue weighted by Crippen LogP contribution is 2.65. The van der Waals surface area contributed by atoms with Gasteiger partial charge in [-0.2, -0.15) is 0 Å². The van der Waals surface area contributed by atoms with Crippen molar-refractivity contribution in [1.82, 2.24) is 0 Å². The maximum Gasteiger partial charge on any atom is 0.144 e. The van der Waals surface area contributed by atoms with Crippen LogP contribution in [0.4, 0.5) is 17.1 Å². The van der Waals surface area contributed by atoms with Crippen LogP contribution < -0.4 is 4.90 Å². The minimum absolute atomic E-state index is 0.257. The number of rotatable bonds is 5. The molecule has 19 rings (SSSR count). The second-order valence-corrected chi connectivity index (χ2v) is 27.4. The van der Waals surface area contributed by atoms with Crippen LogP contribution in [0.15, 0.2) is 238 Å². The summed E-state index contributed by atoms with van der Waals surface area (Å²) >= 11 is 0. The van der Waals surface area contributed by atoms with Crippen molar-refractivity contribution in [2.24, 2.45) is 0 Å². The van der Waals surface area contributed by atoms with Gasteiger partial charge >= 0.3 is 0 Å². The minimum atomic E-state index is -0.406. The number of nitrogens with zero attached hydrogens (tertiary/aromatic N) is 1. The van der Waals surface area contributed by atoms with Crippen molar-refractivity contribution in [2.45, 2.75) is 77.0 Å². The summed E-state index contributed by atoms with van der Waals surface area (Å²) in [6.45, 7) is 19.4. The molecule has 4 heteroatoms. The average molecular weight is 1130 g/mol. The summed E-state index contributed by atoms with van der Waals surface area (Å²) in [6.07, 6.45) is 0. The van der Waals surface area contributed by atoms with Crippen LogP contribution >= 0.6 is 0 Å². The molecule has 0 atom stereocenters. The maximum atomic E-state index is 7.18. The van der Waals surface area contributed by atoms with E-state index in [1.165, 1.54) is 105 Å². The third-order valence-corrected chi connectivity index (χ3v) is 21.4. The zero-order chi connectivity index (χ0) is 59.1. The van der Waals surface area contributed by atoms with E-state index in [-0.39, 0.29) is 16.2 Å². The van der Waals surface area contributed by atoms with E-state index in [4.69, 9.17) is 13.3 Å². The lowest BCUT2D eigenvalue weighted by atomic mass is 9.72. The number of benzene rings is 12. The summed E-state index contributed by atoms with van der Waals surface area (Å²) < 4.78 is 21.0. The molecule has 0 saturated carbocycles. The zero-order valence-corrected chi connectivity index (χ0v) is 50.5. The number of hydrogen-bond donors (Lipinski definition) is 0. The highest BCUT2D eigenvalue weighted by molar-refractivity contribution is 6.23. The summed E-state index contributed by atoms with van der Waals surface area (Å²) in [4.78, 5) is 2.55. The largest absolute Gasteiger partial charge is 0.455 e. The smallest absolute Gasteiger partial charge is 0.144 e. The normalized spacial score (nSPS) is 15.6. The highest BCUT2D eigenvalue weighted by atomic mass is 16.3. The predicted molar refractivity (Wildman–Crippen MR) is 364 cm³/mol. The molecule has 88 heavy (non-hydrogen) atoms. The van der Waals surface area contributed by atoms with Gasteiger partial charge in [-0.1, -0.05) is 213 Å². The minimum Gasteiger partial charge on any atom is -0.455 e. The van der Waals surface area contributed by atoms with Crippen LogP contribution in [-0.2, 0) is 21.7 Å². The van der Waals surface area contributed by atoms with Crippen molar-refractivity contribution in [3.05, 3.63) is 269 Å². The first kappa shape index (κ1) is 50.0. The van der Waals surface area contributed by atoms with Gasteiger partial charge in [-0.05, 0) is 161 Å². The van der Waals surface area contributed by atoms with Crippen molar-refractivity contribution in [3.8, 4) is 66.8 Å². The lowest BCUT2D eigenvalue weighted by Crippen LogP contribution is -2.24. The molecule has 0 fully saturated rings. The molecular weight excluding hydrogens is 1070 g/mol. The van der Waals surface area contributed by atoms with Crippen molar-refractivity contribution in [1.29, 1.82) is 0 Å². The summed E-state index contributed by atoms with van der Waals surface area (Å²) in [5.74, 6) is 0. The first-order valence-electron chi connectivity index (χ1n) is 31.1. The van der Waals surface area contributed by atoms with Crippen LogP contribution in [0.5, 0.6) is 0 Å². The van der Waals surface area contributed by atoms with E-state index < -0.39 is 5.41 Å². The van der Waals surface area contributed by atoms with Gasteiger partial charge in [0, 0.05) is 87.7 Å². The molecule has 12 aromatic carbocycles. The highest BCUT2D eigenvalue weighted by Gasteiger charge is 2.49. The van der Waals surface area contributed by atoms with E-state index in [0.717, 1.165) is 89.0 Å². The van der Waals surface area contributed by atoms with Gasteiger partial charge in [-0.25, -0.2) is 0 Å². The van der Waals surface area contributed by atoms with Gasteiger partial charge in [0.1, 0.15) is 33.5 Å². The quantitative estimate of drug-likeness (QED) is 0.172. The Bertz CT molecular complexity index is 5400. The summed E-state index contributed by atoms with van der Waals surface area (Å²) in [6, 6.07) is 83.1. The van der Waals surface area contributed by atoms with Gasteiger partial charge < -0.3 is 18.2 Å². The number of furan rings is 3. The molecule has 420 valence electrons. The molecule has 0 spiro atoms. The molecule has 4 aliphatic carbocycles. The van der Waals surface area contributed by atoms with Crippen molar-refractivity contribution < 1.29 is 13.3 Å². The molecular formula is C84H61NO3. The Morgan fingerprint density at radius 3 is 1.09 bits per heavy atom. The molecule has 4 aliphatic rings. The van der Waals surface area contributed by atoms with E-state index in [0.29, 0.717) is 0 Å². The Balaban J connectivity index is 0.853. The molecule has 0 bridgehead atoms. The van der Waals surface area contributed by atoms with E-state index >= 15 is 0 Å². The van der Waals surface area contributed by atoms with Crippen LogP contribution in [0.25, 0.3) is 133 Å². The van der Waals surface area contributed by atoms with Gasteiger partial charge in [0.15, 0.2) is 0 Å². The molecule has 3 aromatic heterocycles. The van der Waals surface area contributed by atoms with Crippen molar-refractivity contribution in [3.63, 3.8) is 0 Å². The Morgan fingerprint density at radius 1 is 0.261 bits per heavy atom. The first-order chi connectivity index (χ1) is 42.7.